The number of nitrogens with zero attached hydrogens (tertiary/aromatic N) is 2. The van der Waals surface area contributed by atoms with Gasteiger partial charge in [-0.2, -0.15) is 13.4 Å². The number of hydrogen-bond acceptors (Lipinski definition) is 5. The van der Waals surface area contributed by atoms with Crippen molar-refractivity contribution in [1.82, 2.24) is 9.97 Å². The Bertz CT molecular complexity index is 927. The number of ether oxygens (including phenoxy) is 1. The first-order valence-electron chi connectivity index (χ1n) is 6.89. The number of guanidine groups is 1. The van der Waals surface area contributed by atoms with Crippen molar-refractivity contribution in [2.75, 3.05) is 13.4 Å². The molecule has 0 fully saturated rings. The zero-order chi connectivity index (χ0) is 20.1. The normalized spacial score (nSPS) is 10.5. The van der Waals surface area contributed by atoms with Crippen LogP contribution in [0.3, 0.4) is 0 Å². The largest absolute Gasteiger partial charge is 0.496 e. The van der Waals surface area contributed by atoms with E-state index in [1.54, 1.807) is 25.1 Å². The van der Waals surface area contributed by atoms with Gasteiger partial charge in [-0.05, 0) is 25.1 Å². The zero-order valence-corrected chi connectivity index (χ0v) is 15.7. The Morgan fingerprint density at radius 1 is 1.38 bits per heavy atom. The number of carbonyl (C=O) groups is 1. The molecular formula is C14H18ClN5O5S. The molecule has 0 saturated heterocycles. The Morgan fingerprint density at radius 3 is 2.46 bits per heavy atom. The smallest absolute Gasteiger partial charge is 0.300 e. The molecule has 2 aromatic rings. The highest BCUT2D eigenvalue weighted by Crippen LogP contribution is 2.31. The lowest BCUT2D eigenvalue weighted by Crippen LogP contribution is -2.24. The van der Waals surface area contributed by atoms with Crippen LogP contribution in [0.5, 0.6) is 5.75 Å². The van der Waals surface area contributed by atoms with E-state index >= 15 is 0 Å². The summed E-state index contributed by atoms with van der Waals surface area (Å²) in [6, 6.07) is 5.10. The Labute approximate surface area is 155 Å². The van der Waals surface area contributed by atoms with Crippen molar-refractivity contribution in [3.05, 3.63) is 34.6 Å². The molecule has 26 heavy (non-hydrogen) atoms. The summed E-state index contributed by atoms with van der Waals surface area (Å²) in [5.74, 6) is 0.0928. The van der Waals surface area contributed by atoms with Crippen LogP contribution in [0.25, 0.3) is 11.4 Å². The van der Waals surface area contributed by atoms with Crippen LogP contribution in [0.4, 0.5) is 0 Å². The van der Waals surface area contributed by atoms with Crippen LogP contribution < -0.4 is 16.2 Å². The number of halogens is 1. The fourth-order valence-corrected chi connectivity index (χ4v) is 2.00. The van der Waals surface area contributed by atoms with E-state index in [1.165, 1.54) is 7.11 Å². The molecule has 6 N–H and O–H groups in total. The number of nitrogens with one attached hydrogen (secondary N) is 1. The van der Waals surface area contributed by atoms with E-state index < -0.39 is 16.0 Å². The highest BCUT2D eigenvalue weighted by atomic mass is 35.5. The summed E-state index contributed by atoms with van der Waals surface area (Å²) < 4.78 is 31.1. The predicted molar refractivity (Wildman–Crippen MR) is 97.9 cm³/mol. The minimum atomic E-state index is -3.67. The van der Waals surface area contributed by atoms with E-state index in [0.717, 1.165) is 0 Å². The molecule has 1 amide bonds. The molecule has 142 valence electrons. The molecule has 0 spiro atoms. The summed E-state index contributed by atoms with van der Waals surface area (Å²) in [6.07, 6.45) is 0.715. The van der Waals surface area contributed by atoms with Crippen molar-refractivity contribution < 1.29 is 22.5 Å². The van der Waals surface area contributed by atoms with Gasteiger partial charge in [0.15, 0.2) is 11.7 Å². The second-order valence-corrected chi connectivity index (χ2v) is 6.88. The van der Waals surface area contributed by atoms with Gasteiger partial charge >= 0.3 is 5.91 Å². The fourth-order valence-electron chi connectivity index (χ4n) is 1.83. The molecule has 10 nitrogen and oxygen atoms in total. The Balaban J connectivity index is 0.000000597. The Hall–Kier alpha value is -2.63. The van der Waals surface area contributed by atoms with Gasteiger partial charge in [0.2, 0.25) is 0 Å². The standard InChI is InChI=1S/C13H14ClN5O2.CH4O3S/c1-6-10(12(20)19-13(15)16)18-11(17-6)8-5-7(14)3-4-9(8)21-2;1-5(2,3)4/h3-5H,1-2H3,(H,17,18)(H4,15,16,19,20);1H3,(H,2,3,4). The van der Waals surface area contributed by atoms with Crippen LogP contribution in [0.15, 0.2) is 23.2 Å². The van der Waals surface area contributed by atoms with Gasteiger partial charge in [0.25, 0.3) is 10.1 Å². The summed E-state index contributed by atoms with van der Waals surface area (Å²) >= 11 is 5.98. The molecule has 1 aromatic carbocycles. The van der Waals surface area contributed by atoms with Crippen molar-refractivity contribution in [2.45, 2.75) is 6.92 Å². The molecule has 0 unspecified atom stereocenters. The fraction of sp³-hybridized carbons (Fsp3) is 0.214. The number of benzene rings is 1. The maximum absolute atomic E-state index is 11.9. The molecule has 12 heteroatoms. The van der Waals surface area contributed by atoms with Crippen LogP contribution in [0.1, 0.15) is 16.2 Å². The van der Waals surface area contributed by atoms with Gasteiger partial charge in [-0.15, -0.1) is 0 Å². The quantitative estimate of drug-likeness (QED) is 0.333. The summed E-state index contributed by atoms with van der Waals surface area (Å²) in [4.78, 5) is 22.5. The molecule has 0 radical (unpaired) electrons. The van der Waals surface area contributed by atoms with Gasteiger partial charge in [-0.1, -0.05) is 11.6 Å². The number of aryl methyl sites for hydroxylation is 1. The highest BCUT2D eigenvalue weighted by molar-refractivity contribution is 7.85. The number of imidazole rings is 1. The van der Waals surface area contributed by atoms with Gasteiger partial charge < -0.3 is 21.2 Å². The number of aromatic nitrogens is 2. The van der Waals surface area contributed by atoms with Crippen molar-refractivity contribution in [3.8, 4) is 17.1 Å². The Morgan fingerprint density at radius 2 is 1.96 bits per heavy atom. The molecule has 1 aromatic heterocycles. The minimum absolute atomic E-state index is 0.139. The molecule has 0 aliphatic heterocycles. The third-order valence-electron chi connectivity index (χ3n) is 2.73. The number of aliphatic imine (C=N–C) groups is 1. The van der Waals surface area contributed by atoms with Crippen LogP contribution in [0.2, 0.25) is 5.02 Å². The number of H-pyrrole nitrogens is 1. The molecule has 0 aliphatic carbocycles. The van der Waals surface area contributed by atoms with Crippen molar-refractivity contribution in [3.63, 3.8) is 0 Å². The highest BCUT2D eigenvalue weighted by Gasteiger charge is 2.17. The van der Waals surface area contributed by atoms with E-state index in [2.05, 4.69) is 15.0 Å². The van der Waals surface area contributed by atoms with Gasteiger partial charge in [-0.25, -0.2) is 4.98 Å². The monoisotopic (exact) mass is 403 g/mol. The van der Waals surface area contributed by atoms with E-state index in [0.29, 0.717) is 34.1 Å². The zero-order valence-electron chi connectivity index (χ0n) is 14.1. The van der Waals surface area contributed by atoms with Gasteiger partial charge in [0.1, 0.15) is 11.6 Å². The molecule has 0 atom stereocenters. The van der Waals surface area contributed by atoms with E-state index in [9.17, 15) is 13.2 Å². The molecular weight excluding hydrogens is 386 g/mol. The SMILES string of the molecule is COc1ccc(Cl)cc1-c1nc(C(=O)N=C(N)N)c(C)[nH]1.CS(=O)(=O)O. The first-order chi connectivity index (χ1) is 11.9. The molecule has 0 aliphatic rings. The number of hydrogen-bond donors (Lipinski definition) is 4. The lowest BCUT2D eigenvalue weighted by molar-refractivity contribution is 0.0998. The maximum Gasteiger partial charge on any atom is 0.300 e. The van der Waals surface area contributed by atoms with Gasteiger partial charge in [0.05, 0.1) is 18.9 Å². The number of methoxy groups -OCH3 is 1. The van der Waals surface area contributed by atoms with E-state index in [-0.39, 0.29) is 11.7 Å². The number of aromatic amines is 1. The average molecular weight is 404 g/mol. The molecule has 0 saturated carbocycles. The molecule has 1 heterocycles. The van der Waals surface area contributed by atoms with Crippen LogP contribution in [0, 0.1) is 6.92 Å². The maximum atomic E-state index is 11.9. The molecule has 0 bridgehead atoms. The second-order valence-electron chi connectivity index (χ2n) is 4.98. The van der Waals surface area contributed by atoms with E-state index in [4.69, 9.17) is 32.4 Å². The van der Waals surface area contributed by atoms with Crippen LogP contribution >= 0.6 is 11.6 Å². The first-order valence-corrected chi connectivity index (χ1v) is 9.12. The topological polar surface area (TPSA) is 174 Å². The first kappa shape index (κ1) is 21.4. The van der Waals surface area contributed by atoms with Gasteiger partial charge in [-0.3, -0.25) is 9.35 Å². The number of amides is 1. The van der Waals surface area contributed by atoms with E-state index in [1.807, 2.05) is 0 Å². The second kappa shape index (κ2) is 8.65. The summed E-state index contributed by atoms with van der Waals surface area (Å²) in [6.45, 7) is 1.70. The number of rotatable bonds is 3. The number of nitrogens with two attached hydrogens (primary N) is 2. The summed E-state index contributed by atoms with van der Waals surface area (Å²) in [5.41, 5.74) is 11.7. The lowest BCUT2D eigenvalue weighted by Gasteiger charge is -2.06. The molecule has 2 rings (SSSR count). The number of carbonyl (C=O) groups excluding carboxylic acids is 1. The average Bonchev–Trinajstić information content (AvgIpc) is 2.86. The minimum Gasteiger partial charge on any atom is -0.496 e. The van der Waals surface area contributed by atoms with Gasteiger partial charge in [0, 0.05) is 10.7 Å². The third kappa shape index (κ3) is 6.70. The predicted octanol–water partition coefficient (Wildman–Crippen LogP) is 0.965. The van der Waals surface area contributed by atoms with Crippen LogP contribution in [-0.4, -0.2) is 48.2 Å². The van der Waals surface area contributed by atoms with Crippen molar-refractivity contribution >= 4 is 33.6 Å². The summed E-state index contributed by atoms with van der Waals surface area (Å²) in [5, 5.41) is 0.525. The van der Waals surface area contributed by atoms with Crippen LogP contribution in [-0.2, 0) is 10.1 Å². The summed E-state index contributed by atoms with van der Waals surface area (Å²) in [7, 11) is -2.13. The van der Waals surface area contributed by atoms with Crippen molar-refractivity contribution in [1.29, 1.82) is 0 Å². The third-order valence-corrected chi connectivity index (χ3v) is 2.97. The van der Waals surface area contributed by atoms with Crippen molar-refractivity contribution in [2.24, 2.45) is 16.5 Å². The Kier molecular flexibility index (Phi) is 7.12. The lowest BCUT2D eigenvalue weighted by atomic mass is 10.2.